The molecule has 0 bridgehead atoms. The Hall–Kier alpha value is -3.63. The Labute approximate surface area is 210 Å². The predicted octanol–water partition coefficient (Wildman–Crippen LogP) is 2.60. The number of hydrogen-bond acceptors (Lipinski definition) is 7. The highest BCUT2D eigenvalue weighted by Gasteiger charge is 2.28. The topological polar surface area (TPSA) is 151 Å². The highest BCUT2D eigenvalue weighted by atomic mass is 16.6. The van der Waals surface area contributed by atoms with Crippen LogP contribution in [0.25, 0.3) is 0 Å². The van der Waals surface area contributed by atoms with Gasteiger partial charge in [0.05, 0.1) is 11.1 Å². The van der Waals surface area contributed by atoms with Gasteiger partial charge in [-0.25, -0.2) is 9.59 Å². The first-order valence-corrected chi connectivity index (χ1v) is 11.7. The molecule has 11 nitrogen and oxygen atoms in total. The molecule has 0 spiro atoms. The maximum atomic E-state index is 12.7. The zero-order valence-corrected chi connectivity index (χ0v) is 21.6. The lowest BCUT2D eigenvalue weighted by Crippen LogP contribution is -2.35. The Bertz CT molecular complexity index is 1040. The zero-order chi connectivity index (χ0) is 27.3. The summed E-state index contributed by atoms with van der Waals surface area (Å²) in [7, 11) is 0. The summed E-state index contributed by atoms with van der Waals surface area (Å²) >= 11 is 0. The van der Waals surface area contributed by atoms with Gasteiger partial charge in [0.2, 0.25) is 5.91 Å². The summed E-state index contributed by atoms with van der Waals surface area (Å²) in [4.78, 5) is 62.3. The van der Waals surface area contributed by atoms with Crippen LogP contribution in [0.4, 0.5) is 4.79 Å². The van der Waals surface area contributed by atoms with Gasteiger partial charge in [0.1, 0.15) is 17.7 Å². The second-order valence-electron chi connectivity index (χ2n) is 10.5. The number of rotatable bonds is 8. The first-order chi connectivity index (χ1) is 16.6. The predicted molar refractivity (Wildman–Crippen MR) is 129 cm³/mol. The van der Waals surface area contributed by atoms with E-state index in [0.717, 1.165) is 0 Å². The van der Waals surface area contributed by atoms with Gasteiger partial charge in [-0.2, -0.15) is 0 Å². The van der Waals surface area contributed by atoms with Gasteiger partial charge in [-0.05, 0) is 71.2 Å². The first-order valence-electron chi connectivity index (χ1n) is 11.7. The van der Waals surface area contributed by atoms with Crippen molar-refractivity contribution >= 4 is 29.8 Å². The molecule has 1 aromatic rings. The van der Waals surface area contributed by atoms with Crippen molar-refractivity contribution in [1.29, 1.82) is 0 Å². The molecule has 0 saturated heterocycles. The molecule has 0 aromatic heterocycles. The van der Waals surface area contributed by atoms with Gasteiger partial charge in [0.25, 0.3) is 5.91 Å². The SMILES string of the molecule is CC(C)(C)OC(=O)CNC(=O)c1cc2c(cc1C(=O)O)CN(C(=O)CCCNC(=O)OC(C)(C)C)C2. The van der Waals surface area contributed by atoms with Gasteiger partial charge in [-0.1, -0.05) is 0 Å². The molecule has 36 heavy (non-hydrogen) atoms. The molecule has 3 N–H and O–H groups in total. The van der Waals surface area contributed by atoms with Crippen molar-refractivity contribution in [3.8, 4) is 0 Å². The standard InChI is InChI=1S/C25H35N3O8/c1-24(2,3)35-20(30)12-27-21(31)17-10-15-13-28(14-16(15)11-18(17)22(32)33)19(29)8-7-9-26-23(34)36-25(4,5)6/h10-11H,7-9,12-14H2,1-6H3,(H,26,34)(H,27,31)(H,32,33). The van der Waals surface area contributed by atoms with Crippen LogP contribution in [0.1, 0.15) is 86.2 Å². The van der Waals surface area contributed by atoms with Crippen LogP contribution in [-0.2, 0) is 32.2 Å². The summed E-state index contributed by atoms with van der Waals surface area (Å²) in [6.45, 7) is 10.7. The smallest absolute Gasteiger partial charge is 0.407 e. The van der Waals surface area contributed by atoms with E-state index >= 15 is 0 Å². The summed E-state index contributed by atoms with van der Waals surface area (Å²) in [5.41, 5.74) is -0.351. The molecule has 0 atom stereocenters. The van der Waals surface area contributed by atoms with Gasteiger partial charge in [0.15, 0.2) is 0 Å². The molecular weight excluding hydrogens is 470 g/mol. The molecule has 2 rings (SSSR count). The van der Waals surface area contributed by atoms with Gasteiger partial charge in [-0.3, -0.25) is 14.4 Å². The third kappa shape index (κ3) is 8.86. The highest BCUT2D eigenvalue weighted by Crippen LogP contribution is 2.27. The number of ether oxygens (including phenoxy) is 2. The Morgan fingerprint density at radius 1 is 0.889 bits per heavy atom. The van der Waals surface area contributed by atoms with E-state index in [4.69, 9.17) is 9.47 Å². The van der Waals surface area contributed by atoms with Crippen molar-refractivity contribution in [2.45, 2.75) is 78.7 Å². The van der Waals surface area contributed by atoms with Crippen molar-refractivity contribution in [2.75, 3.05) is 13.1 Å². The molecule has 0 aliphatic carbocycles. The largest absolute Gasteiger partial charge is 0.478 e. The van der Waals surface area contributed by atoms with E-state index in [0.29, 0.717) is 17.5 Å². The van der Waals surface area contributed by atoms with E-state index < -0.39 is 41.7 Å². The van der Waals surface area contributed by atoms with Crippen molar-refractivity contribution in [3.05, 3.63) is 34.4 Å². The summed E-state index contributed by atoms with van der Waals surface area (Å²) in [6, 6.07) is 2.83. The molecular formula is C25H35N3O8. The highest BCUT2D eigenvalue weighted by molar-refractivity contribution is 6.06. The lowest BCUT2D eigenvalue weighted by Gasteiger charge is -2.20. The second-order valence-corrected chi connectivity index (χ2v) is 10.5. The average Bonchev–Trinajstić information content (AvgIpc) is 3.14. The number of aromatic carboxylic acids is 1. The van der Waals surface area contributed by atoms with Crippen LogP contribution in [-0.4, -0.2) is 64.1 Å². The Morgan fingerprint density at radius 3 is 1.97 bits per heavy atom. The lowest BCUT2D eigenvalue weighted by molar-refractivity contribution is -0.153. The third-order valence-corrected chi connectivity index (χ3v) is 4.94. The van der Waals surface area contributed by atoms with Gasteiger partial charge in [-0.15, -0.1) is 0 Å². The number of fused-ring (bicyclic) bond motifs is 1. The molecule has 0 fully saturated rings. The lowest BCUT2D eigenvalue weighted by atomic mass is 9.99. The maximum absolute atomic E-state index is 12.7. The number of carbonyl (C=O) groups is 5. The molecule has 1 aliphatic rings. The van der Waals surface area contributed by atoms with Gasteiger partial charge >= 0.3 is 18.0 Å². The van der Waals surface area contributed by atoms with E-state index in [1.807, 2.05) is 0 Å². The number of esters is 1. The molecule has 0 saturated carbocycles. The molecule has 3 amide bonds. The molecule has 1 heterocycles. The van der Waals surface area contributed by atoms with E-state index in [9.17, 15) is 29.1 Å². The Kier molecular flexibility index (Phi) is 9.06. The quantitative estimate of drug-likeness (QED) is 0.360. The second kappa shape index (κ2) is 11.4. The molecule has 0 radical (unpaired) electrons. The minimum absolute atomic E-state index is 0.0966. The summed E-state index contributed by atoms with van der Waals surface area (Å²) in [6.07, 6.45) is 0.0322. The van der Waals surface area contributed by atoms with E-state index in [1.165, 1.54) is 12.1 Å². The fourth-order valence-electron chi connectivity index (χ4n) is 3.52. The molecule has 0 unspecified atom stereocenters. The van der Waals surface area contributed by atoms with Gasteiger partial charge < -0.3 is 30.1 Å². The van der Waals surface area contributed by atoms with Crippen molar-refractivity contribution < 1.29 is 38.6 Å². The molecule has 1 aliphatic heterocycles. The molecule has 11 heteroatoms. The minimum atomic E-state index is -1.29. The number of hydrogen-bond donors (Lipinski definition) is 3. The van der Waals surface area contributed by atoms with Crippen LogP contribution >= 0.6 is 0 Å². The van der Waals surface area contributed by atoms with Crippen LogP contribution in [0.2, 0.25) is 0 Å². The van der Waals surface area contributed by atoms with Crippen molar-refractivity contribution in [1.82, 2.24) is 15.5 Å². The van der Waals surface area contributed by atoms with Crippen LogP contribution in [0.15, 0.2) is 12.1 Å². The van der Waals surface area contributed by atoms with Crippen LogP contribution in [0.5, 0.6) is 0 Å². The number of carboxylic acids is 1. The van der Waals surface area contributed by atoms with Gasteiger partial charge in [0, 0.05) is 26.1 Å². The molecule has 1 aromatic carbocycles. The minimum Gasteiger partial charge on any atom is -0.478 e. The normalized spacial score (nSPS) is 13.0. The van der Waals surface area contributed by atoms with E-state index in [-0.39, 0.29) is 43.1 Å². The number of benzene rings is 1. The zero-order valence-electron chi connectivity index (χ0n) is 21.6. The monoisotopic (exact) mass is 505 g/mol. The van der Waals surface area contributed by atoms with Crippen molar-refractivity contribution in [3.63, 3.8) is 0 Å². The number of amides is 3. The fraction of sp³-hybridized carbons (Fsp3) is 0.560. The Balaban J connectivity index is 1.97. The summed E-state index contributed by atoms with van der Waals surface area (Å²) < 4.78 is 10.3. The fourth-order valence-corrected chi connectivity index (χ4v) is 3.52. The van der Waals surface area contributed by atoms with Crippen LogP contribution in [0, 0.1) is 0 Å². The number of nitrogens with zero attached hydrogens (tertiary/aromatic N) is 1. The van der Waals surface area contributed by atoms with Crippen LogP contribution < -0.4 is 10.6 Å². The number of carbonyl (C=O) groups excluding carboxylic acids is 4. The maximum Gasteiger partial charge on any atom is 0.407 e. The molecule has 198 valence electrons. The number of carboxylic acid groups (broad SMARTS) is 1. The first kappa shape index (κ1) is 28.6. The summed E-state index contributed by atoms with van der Waals surface area (Å²) in [5.74, 6) is -2.82. The number of alkyl carbamates (subject to hydrolysis) is 1. The summed E-state index contributed by atoms with van der Waals surface area (Å²) in [5, 5.41) is 14.6. The van der Waals surface area contributed by atoms with Crippen molar-refractivity contribution in [2.24, 2.45) is 0 Å². The Morgan fingerprint density at radius 2 is 1.44 bits per heavy atom. The van der Waals surface area contributed by atoms with E-state index in [1.54, 1.807) is 46.4 Å². The van der Waals surface area contributed by atoms with E-state index in [2.05, 4.69) is 10.6 Å². The number of nitrogens with one attached hydrogen (secondary N) is 2. The third-order valence-electron chi connectivity index (χ3n) is 4.94. The van der Waals surface area contributed by atoms with Crippen LogP contribution in [0.3, 0.4) is 0 Å². The average molecular weight is 506 g/mol.